The van der Waals surface area contributed by atoms with Gasteiger partial charge in [-0.2, -0.15) is 0 Å². The zero-order chi connectivity index (χ0) is 35.0. The molecule has 3 atom stereocenters. The molecule has 0 aromatic heterocycles. The van der Waals surface area contributed by atoms with Crippen molar-refractivity contribution in [3.8, 4) is 0 Å². The summed E-state index contributed by atoms with van der Waals surface area (Å²) < 4.78 is 11.0. The van der Waals surface area contributed by atoms with Crippen molar-refractivity contribution in [3.63, 3.8) is 0 Å². The second-order valence-corrected chi connectivity index (χ2v) is 13.8. The van der Waals surface area contributed by atoms with Gasteiger partial charge in [0.15, 0.2) is 0 Å². The summed E-state index contributed by atoms with van der Waals surface area (Å²) in [6, 6.07) is 10.3. The standard InChI is InChI=1S/C35H50N4O7/c1-21(2)39(31(42)26(20-28(36)40)38-33(44)46-35(8,9)10)29(25-18-22(3)16-17-23(25)4)30(41)37-27(32(43)45-34(5,6)7)19-24-14-12-11-13-15-24/h11-18,21,26-27,29H,19-20H2,1-10H3,(H2,36,40)(H,37,41)(H,38,44). The molecule has 0 fully saturated rings. The lowest BCUT2D eigenvalue weighted by molar-refractivity contribution is -0.159. The fraction of sp³-hybridized carbons (Fsp3) is 0.514. The number of carbonyl (C=O) groups is 5. The Balaban J connectivity index is 2.66. The number of benzene rings is 2. The molecule has 11 nitrogen and oxygen atoms in total. The van der Waals surface area contributed by atoms with Crippen molar-refractivity contribution < 1.29 is 33.4 Å². The topological polar surface area (TPSA) is 157 Å². The van der Waals surface area contributed by atoms with Crippen LogP contribution in [0.4, 0.5) is 4.79 Å². The van der Waals surface area contributed by atoms with E-state index in [1.54, 1.807) is 61.5 Å². The summed E-state index contributed by atoms with van der Waals surface area (Å²) in [7, 11) is 0. The van der Waals surface area contributed by atoms with Gasteiger partial charge in [0.2, 0.25) is 17.7 Å². The monoisotopic (exact) mass is 638 g/mol. The second kappa shape index (κ2) is 15.7. The molecule has 3 unspecified atom stereocenters. The molecule has 0 saturated heterocycles. The number of esters is 1. The van der Waals surface area contributed by atoms with Gasteiger partial charge in [0.25, 0.3) is 0 Å². The number of nitrogens with zero attached hydrogens (tertiary/aromatic N) is 1. The smallest absolute Gasteiger partial charge is 0.408 e. The predicted molar refractivity (Wildman–Crippen MR) is 176 cm³/mol. The van der Waals surface area contributed by atoms with Crippen LogP contribution in [-0.4, -0.2) is 64.0 Å². The SMILES string of the molecule is Cc1ccc(C)c(C(C(=O)NC(Cc2ccccc2)C(=O)OC(C)(C)C)N(C(=O)C(CC(N)=O)NC(=O)OC(C)(C)C)C(C)C)c1. The molecule has 0 heterocycles. The molecule has 0 aliphatic carbocycles. The van der Waals surface area contributed by atoms with Crippen molar-refractivity contribution in [2.45, 2.75) is 117 Å². The number of hydrogen-bond acceptors (Lipinski definition) is 7. The lowest BCUT2D eigenvalue weighted by Crippen LogP contribution is -2.57. The van der Waals surface area contributed by atoms with Gasteiger partial charge in [-0.05, 0) is 85.9 Å². The van der Waals surface area contributed by atoms with E-state index in [1.165, 1.54) is 4.90 Å². The molecule has 0 aliphatic rings. The third-order valence-electron chi connectivity index (χ3n) is 6.75. The van der Waals surface area contributed by atoms with Crippen molar-refractivity contribution in [1.29, 1.82) is 0 Å². The van der Waals surface area contributed by atoms with Gasteiger partial charge in [-0.15, -0.1) is 0 Å². The number of hydrogen-bond donors (Lipinski definition) is 3. The molecule has 2 rings (SSSR count). The normalized spacial score (nSPS) is 13.6. The molecule has 46 heavy (non-hydrogen) atoms. The molecule has 0 spiro atoms. The van der Waals surface area contributed by atoms with Crippen molar-refractivity contribution in [1.82, 2.24) is 15.5 Å². The minimum absolute atomic E-state index is 0.140. The molecule has 2 aromatic rings. The Kier molecular flexibility index (Phi) is 12.9. The number of ether oxygens (including phenoxy) is 2. The molecule has 2 aromatic carbocycles. The Morgan fingerprint density at radius 3 is 1.93 bits per heavy atom. The highest BCUT2D eigenvalue weighted by atomic mass is 16.6. The summed E-state index contributed by atoms with van der Waals surface area (Å²) in [4.78, 5) is 68.4. The van der Waals surface area contributed by atoms with Crippen molar-refractivity contribution in [3.05, 3.63) is 70.8 Å². The summed E-state index contributed by atoms with van der Waals surface area (Å²) in [5.41, 5.74) is 6.65. The first-order valence-electron chi connectivity index (χ1n) is 15.4. The first-order valence-corrected chi connectivity index (χ1v) is 15.4. The number of rotatable bonds is 12. The van der Waals surface area contributed by atoms with Gasteiger partial charge in [0.05, 0.1) is 6.42 Å². The summed E-state index contributed by atoms with van der Waals surface area (Å²) in [6.07, 6.45) is -1.31. The van der Waals surface area contributed by atoms with Crippen LogP contribution in [0.1, 0.15) is 90.1 Å². The zero-order valence-electron chi connectivity index (χ0n) is 28.7. The number of nitrogens with one attached hydrogen (secondary N) is 2. The molecule has 0 saturated carbocycles. The number of alkyl carbamates (subject to hydrolysis) is 1. The van der Waals surface area contributed by atoms with Crippen LogP contribution in [0, 0.1) is 13.8 Å². The molecule has 0 bridgehead atoms. The van der Waals surface area contributed by atoms with E-state index in [0.717, 1.165) is 11.1 Å². The molecule has 0 radical (unpaired) electrons. The number of aryl methyl sites for hydroxylation is 2. The average molecular weight is 639 g/mol. The van der Waals surface area contributed by atoms with Crippen LogP contribution >= 0.6 is 0 Å². The van der Waals surface area contributed by atoms with E-state index in [4.69, 9.17) is 15.2 Å². The maximum absolute atomic E-state index is 14.5. The van der Waals surface area contributed by atoms with Crippen LogP contribution in [0.15, 0.2) is 48.5 Å². The largest absolute Gasteiger partial charge is 0.458 e. The van der Waals surface area contributed by atoms with E-state index < -0.39 is 71.6 Å². The second-order valence-electron chi connectivity index (χ2n) is 13.8. The Labute approximate surface area is 272 Å². The van der Waals surface area contributed by atoms with Gasteiger partial charge >= 0.3 is 12.1 Å². The molecular weight excluding hydrogens is 588 g/mol. The number of amides is 4. The van der Waals surface area contributed by atoms with E-state index in [0.29, 0.717) is 11.1 Å². The highest BCUT2D eigenvalue weighted by molar-refractivity contribution is 5.96. The summed E-state index contributed by atoms with van der Waals surface area (Å²) in [6.45, 7) is 17.3. The van der Waals surface area contributed by atoms with E-state index in [1.807, 2.05) is 56.3 Å². The van der Waals surface area contributed by atoms with E-state index in [-0.39, 0.29) is 6.42 Å². The Morgan fingerprint density at radius 2 is 1.41 bits per heavy atom. The van der Waals surface area contributed by atoms with Gasteiger partial charge in [-0.1, -0.05) is 54.1 Å². The molecule has 4 amide bonds. The molecule has 11 heteroatoms. The van der Waals surface area contributed by atoms with Crippen molar-refractivity contribution >= 4 is 29.8 Å². The predicted octanol–water partition coefficient (Wildman–Crippen LogP) is 4.42. The highest BCUT2D eigenvalue weighted by Gasteiger charge is 2.40. The average Bonchev–Trinajstić information content (AvgIpc) is 2.90. The summed E-state index contributed by atoms with van der Waals surface area (Å²) >= 11 is 0. The Bertz CT molecular complexity index is 1390. The van der Waals surface area contributed by atoms with Crippen LogP contribution in [-0.2, 0) is 35.1 Å². The van der Waals surface area contributed by atoms with Crippen LogP contribution in [0.2, 0.25) is 0 Å². The van der Waals surface area contributed by atoms with Crippen LogP contribution in [0.3, 0.4) is 0 Å². The number of primary amides is 1. The third kappa shape index (κ3) is 11.8. The summed E-state index contributed by atoms with van der Waals surface area (Å²) in [5, 5.41) is 5.33. The maximum atomic E-state index is 14.5. The van der Waals surface area contributed by atoms with Crippen molar-refractivity contribution in [2.24, 2.45) is 5.73 Å². The lowest BCUT2D eigenvalue weighted by Gasteiger charge is -2.38. The minimum Gasteiger partial charge on any atom is -0.458 e. The van der Waals surface area contributed by atoms with E-state index in [9.17, 15) is 24.0 Å². The number of carbonyl (C=O) groups excluding carboxylic acids is 5. The van der Waals surface area contributed by atoms with Crippen molar-refractivity contribution in [2.75, 3.05) is 0 Å². The van der Waals surface area contributed by atoms with Gasteiger partial charge in [-0.3, -0.25) is 14.4 Å². The molecule has 4 N–H and O–H groups in total. The first-order chi connectivity index (χ1) is 21.2. The van der Waals surface area contributed by atoms with E-state index in [2.05, 4.69) is 10.6 Å². The molecule has 252 valence electrons. The minimum atomic E-state index is -1.43. The fourth-order valence-electron chi connectivity index (χ4n) is 4.85. The zero-order valence-corrected chi connectivity index (χ0v) is 28.7. The van der Waals surface area contributed by atoms with Gasteiger partial charge < -0.3 is 30.7 Å². The van der Waals surface area contributed by atoms with Crippen LogP contribution in [0.5, 0.6) is 0 Å². The Hall–Kier alpha value is -4.41. The van der Waals surface area contributed by atoms with E-state index >= 15 is 0 Å². The van der Waals surface area contributed by atoms with Gasteiger partial charge in [0, 0.05) is 12.5 Å². The van der Waals surface area contributed by atoms with Crippen LogP contribution in [0.25, 0.3) is 0 Å². The number of nitrogens with two attached hydrogens (primary N) is 1. The maximum Gasteiger partial charge on any atom is 0.408 e. The lowest BCUT2D eigenvalue weighted by atomic mass is 9.94. The third-order valence-corrected chi connectivity index (χ3v) is 6.75. The highest BCUT2D eigenvalue weighted by Crippen LogP contribution is 2.29. The summed E-state index contributed by atoms with van der Waals surface area (Å²) in [5.74, 6) is -2.83. The fourth-order valence-corrected chi connectivity index (χ4v) is 4.85. The first kappa shape index (κ1) is 37.8. The Morgan fingerprint density at radius 1 is 0.826 bits per heavy atom. The molecular formula is C35H50N4O7. The van der Waals surface area contributed by atoms with Crippen LogP contribution < -0.4 is 16.4 Å². The quantitative estimate of drug-likeness (QED) is 0.291. The van der Waals surface area contributed by atoms with Gasteiger partial charge in [-0.25, -0.2) is 9.59 Å². The molecule has 0 aliphatic heterocycles. The van der Waals surface area contributed by atoms with Gasteiger partial charge in [0.1, 0.15) is 29.3 Å².